The Morgan fingerprint density at radius 3 is 2.04 bits per heavy atom. The predicted molar refractivity (Wildman–Crippen MR) is 71.8 cm³/mol. The molecule has 0 aliphatic carbocycles. The number of phenols is 3. The Kier molecular flexibility index (Phi) is 6.28. The molecule has 0 spiro atoms. The molecule has 128 valence electrons. The fourth-order valence-electron chi connectivity index (χ4n) is 1.62. The monoisotopic (exact) mass is 332 g/mol. The van der Waals surface area contributed by atoms with Crippen LogP contribution in [0.15, 0.2) is 12.1 Å². The van der Waals surface area contributed by atoms with Crippen LogP contribution in [0.25, 0.3) is 0 Å². The van der Waals surface area contributed by atoms with Crippen LogP contribution in [0.2, 0.25) is 0 Å². The van der Waals surface area contributed by atoms with Crippen molar-refractivity contribution in [1.29, 1.82) is 0 Å². The molecule has 0 amide bonds. The molecule has 10 heteroatoms. The molecule has 0 fully saturated rings. The zero-order chi connectivity index (χ0) is 17.7. The van der Waals surface area contributed by atoms with Crippen molar-refractivity contribution in [2.24, 2.45) is 0 Å². The minimum atomic E-state index is -2.03. The van der Waals surface area contributed by atoms with E-state index in [1.54, 1.807) is 0 Å². The topological polar surface area (TPSA) is 185 Å². The first-order chi connectivity index (χ1) is 10.7. The average molecular weight is 332 g/mol. The van der Waals surface area contributed by atoms with Crippen molar-refractivity contribution in [1.82, 2.24) is 0 Å². The van der Waals surface area contributed by atoms with Gasteiger partial charge in [-0.15, -0.1) is 0 Å². The second-order valence-electron chi connectivity index (χ2n) is 4.60. The summed E-state index contributed by atoms with van der Waals surface area (Å²) in [7, 11) is 0. The number of benzene rings is 1. The Balaban J connectivity index is 2.91. The van der Waals surface area contributed by atoms with Crippen molar-refractivity contribution >= 4 is 12.3 Å². The molecule has 1 aromatic rings. The van der Waals surface area contributed by atoms with E-state index < -0.39 is 59.8 Å². The maximum atomic E-state index is 11.8. The second kappa shape index (κ2) is 7.74. The third-order valence-corrected chi connectivity index (χ3v) is 2.95. The fourth-order valence-corrected chi connectivity index (χ4v) is 1.62. The van der Waals surface area contributed by atoms with Gasteiger partial charge in [0, 0.05) is 0 Å². The van der Waals surface area contributed by atoms with Crippen molar-refractivity contribution in [2.45, 2.75) is 24.4 Å². The molecule has 0 heterocycles. The highest BCUT2D eigenvalue weighted by molar-refractivity contribution is 5.92. The zero-order valence-electron chi connectivity index (χ0n) is 11.6. The number of rotatable bonds is 7. The minimum Gasteiger partial charge on any atom is -0.504 e. The number of hydrogen-bond acceptors (Lipinski definition) is 10. The molecule has 0 aliphatic rings. The SMILES string of the molecule is O=CC(OC(=O)c1cc(O)c(O)c(O)c1)C(O)C(O)C(O)CO. The molecule has 0 bridgehead atoms. The first-order valence-electron chi connectivity index (χ1n) is 6.29. The van der Waals surface area contributed by atoms with Crippen LogP contribution in [-0.4, -0.2) is 79.0 Å². The van der Waals surface area contributed by atoms with Crippen molar-refractivity contribution in [2.75, 3.05) is 6.61 Å². The quantitative estimate of drug-likeness (QED) is 0.161. The smallest absolute Gasteiger partial charge is 0.339 e. The van der Waals surface area contributed by atoms with Crippen LogP contribution in [-0.2, 0) is 9.53 Å². The lowest BCUT2D eigenvalue weighted by Crippen LogP contribution is -2.48. The van der Waals surface area contributed by atoms with Gasteiger partial charge in [0.15, 0.2) is 29.6 Å². The number of aliphatic hydroxyl groups is 4. The summed E-state index contributed by atoms with van der Waals surface area (Å²) in [4.78, 5) is 22.7. The standard InChI is InChI=1S/C13H16O10/c14-3-8(18)11(20)12(21)9(4-15)23-13(22)5-1-6(16)10(19)7(17)2-5/h1-2,4,8-9,11-12,14,16-21H,3H2. The van der Waals surface area contributed by atoms with E-state index in [0.717, 1.165) is 12.1 Å². The molecule has 0 saturated carbocycles. The number of carbonyl (C=O) groups excluding carboxylic acids is 2. The van der Waals surface area contributed by atoms with E-state index in [9.17, 15) is 35.1 Å². The third kappa shape index (κ3) is 4.29. The first kappa shape index (κ1) is 18.6. The van der Waals surface area contributed by atoms with Gasteiger partial charge in [0.2, 0.25) is 0 Å². The highest BCUT2D eigenvalue weighted by Crippen LogP contribution is 2.35. The number of phenolic OH excluding ortho intramolecular Hbond substituents is 3. The first-order valence-corrected chi connectivity index (χ1v) is 6.29. The van der Waals surface area contributed by atoms with Crippen LogP contribution in [0.4, 0.5) is 0 Å². The number of ether oxygens (including phenoxy) is 1. The minimum absolute atomic E-state index is 0.0178. The molecule has 1 aromatic carbocycles. The highest BCUT2D eigenvalue weighted by atomic mass is 16.6. The molecule has 0 aromatic heterocycles. The van der Waals surface area contributed by atoms with Crippen LogP contribution >= 0.6 is 0 Å². The summed E-state index contributed by atoms with van der Waals surface area (Å²) < 4.78 is 4.60. The summed E-state index contributed by atoms with van der Waals surface area (Å²) in [6, 6.07) is 1.48. The van der Waals surface area contributed by atoms with Gasteiger partial charge in [0.05, 0.1) is 12.2 Å². The molecule has 0 radical (unpaired) electrons. The number of aliphatic hydroxyl groups excluding tert-OH is 4. The molecule has 10 nitrogen and oxygen atoms in total. The lowest BCUT2D eigenvalue weighted by atomic mass is 10.0. The highest BCUT2D eigenvalue weighted by Gasteiger charge is 2.34. The van der Waals surface area contributed by atoms with Crippen molar-refractivity contribution < 1.29 is 50.1 Å². The molecule has 23 heavy (non-hydrogen) atoms. The molecule has 4 unspecified atom stereocenters. The van der Waals surface area contributed by atoms with Gasteiger partial charge in [-0.1, -0.05) is 0 Å². The number of aldehydes is 1. The second-order valence-corrected chi connectivity index (χ2v) is 4.60. The summed E-state index contributed by atoms with van der Waals surface area (Å²) in [5.74, 6) is -3.78. The maximum Gasteiger partial charge on any atom is 0.339 e. The zero-order valence-corrected chi connectivity index (χ0v) is 11.6. The Labute approximate surface area is 129 Å². The van der Waals surface area contributed by atoms with Crippen molar-refractivity contribution in [3.8, 4) is 17.2 Å². The fraction of sp³-hybridized carbons (Fsp3) is 0.385. The average Bonchev–Trinajstić information content (AvgIpc) is 2.54. The van der Waals surface area contributed by atoms with Crippen LogP contribution in [0.5, 0.6) is 17.2 Å². The van der Waals surface area contributed by atoms with Gasteiger partial charge >= 0.3 is 5.97 Å². The Hall–Kier alpha value is -2.40. The van der Waals surface area contributed by atoms with Gasteiger partial charge in [0.1, 0.15) is 18.3 Å². The van der Waals surface area contributed by atoms with E-state index in [-0.39, 0.29) is 6.29 Å². The molecule has 4 atom stereocenters. The summed E-state index contributed by atoms with van der Waals surface area (Å²) in [5, 5.41) is 64.7. The van der Waals surface area contributed by atoms with Gasteiger partial charge in [-0.05, 0) is 12.1 Å². The molecular formula is C13H16O10. The summed E-state index contributed by atoms with van der Waals surface area (Å²) in [6.07, 6.45) is -7.68. The third-order valence-electron chi connectivity index (χ3n) is 2.95. The largest absolute Gasteiger partial charge is 0.504 e. The van der Waals surface area contributed by atoms with E-state index >= 15 is 0 Å². The van der Waals surface area contributed by atoms with Crippen LogP contribution in [0, 0.1) is 0 Å². The van der Waals surface area contributed by atoms with E-state index in [1.807, 2.05) is 0 Å². The molecule has 7 N–H and O–H groups in total. The van der Waals surface area contributed by atoms with Gasteiger partial charge < -0.3 is 40.5 Å². The summed E-state index contributed by atoms with van der Waals surface area (Å²) in [5.41, 5.74) is -0.450. The predicted octanol–water partition coefficient (Wildman–Crippen LogP) is -2.40. The van der Waals surface area contributed by atoms with Crippen LogP contribution in [0.1, 0.15) is 10.4 Å². The normalized spacial score (nSPS) is 16.2. The summed E-state index contributed by atoms with van der Waals surface area (Å²) >= 11 is 0. The Bertz CT molecular complexity index is 549. The maximum absolute atomic E-state index is 11.8. The number of aromatic hydroxyl groups is 3. The lowest BCUT2D eigenvalue weighted by molar-refractivity contribution is -0.138. The Morgan fingerprint density at radius 2 is 1.61 bits per heavy atom. The van der Waals surface area contributed by atoms with Crippen LogP contribution < -0.4 is 0 Å². The van der Waals surface area contributed by atoms with E-state index in [2.05, 4.69) is 4.74 Å². The number of esters is 1. The lowest BCUT2D eigenvalue weighted by Gasteiger charge is -2.25. The molecule has 1 rings (SSSR count). The number of hydrogen-bond donors (Lipinski definition) is 7. The van der Waals surface area contributed by atoms with E-state index in [1.165, 1.54) is 0 Å². The van der Waals surface area contributed by atoms with Gasteiger partial charge in [-0.2, -0.15) is 0 Å². The van der Waals surface area contributed by atoms with Gasteiger partial charge in [0.25, 0.3) is 0 Å². The molecule has 0 aliphatic heterocycles. The molecular weight excluding hydrogens is 316 g/mol. The van der Waals surface area contributed by atoms with Gasteiger partial charge in [-0.25, -0.2) is 4.79 Å². The Morgan fingerprint density at radius 1 is 1.09 bits per heavy atom. The molecule has 0 saturated heterocycles. The van der Waals surface area contributed by atoms with Crippen molar-refractivity contribution in [3.05, 3.63) is 17.7 Å². The van der Waals surface area contributed by atoms with E-state index in [4.69, 9.17) is 10.2 Å². The van der Waals surface area contributed by atoms with Gasteiger partial charge in [-0.3, -0.25) is 4.79 Å². The summed E-state index contributed by atoms with van der Waals surface area (Å²) in [6.45, 7) is -0.905. The van der Waals surface area contributed by atoms with Crippen LogP contribution in [0.3, 0.4) is 0 Å². The van der Waals surface area contributed by atoms with E-state index in [0.29, 0.717) is 0 Å². The number of carbonyl (C=O) groups is 2. The van der Waals surface area contributed by atoms with Crippen molar-refractivity contribution in [3.63, 3.8) is 0 Å².